The molecule has 7 nitrogen and oxygen atoms in total. The second-order valence-electron chi connectivity index (χ2n) is 8.67. The lowest BCUT2D eigenvalue weighted by molar-refractivity contribution is -0.0504. The van der Waals surface area contributed by atoms with E-state index in [1.54, 1.807) is 36.0 Å². The lowest BCUT2D eigenvalue weighted by Crippen LogP contribution is -2.51. The zero-order valence-electron chi connectivity index (χ0n) is 17.6. The van der Waals surface area contributed by atoms with Crippen molar-refractivity contribution in [2.45, 2.75) is 37.5 Å². The smallest absolute Gasteiger partial charge is 0.410 e. The molecule has 2 aromatic carbocycles. The maximum atomic E-state index is 12.5. The lowest BCUT2D eigenvalue weighted by atomic mass is 9.69. The number of para-hydroxylation sites is 2. The number of fused-ring (bicyclic) bond motifs is 2. The van der Waals surface area contributed by atoms with Crippen molar-refractivity contribution < 1.29 is 24.2 Å². The van der Waals surface area contributed by atoms with Crippen molar-refractivity contribution in [1.29, 1.82) is 0 Å². The van der Waals surface area contributed by atoms with Gasteiger partial charge in [0.05, 0.1) is 18.2 Å². The quantitative estimate of drug-likeness (QED) is 0.787. The largest absolute Gasteiger partial charge is 0.415 e. The van der Waals surface area contributed by atoms with E-state index in [2.05, 4.69) is 0 Å². The molecule has 2 heterocycles. The normalized spacial score (nSPS) is 30.2. The van der Waals surface area contributed by atoms with E-state index in [-0.39, 0.29) is 23.9 Å². The highest BCUT2D eigenvalue weighted by atomic mass is 16.6. The average Bonchev–Trinajstić information content (AvgIpc) is 2.77. The van der Waals surface area contributed by atoms with Crippen molar-refractivity contribution in [3.05, 3.63) is 59.7 Å². The summed E-state index contributed by atoms with van der Waals surface area (Å²) in [5, 5.41) is 11.6. The minimum absolute atomic E-state index is 0.170. The van der Waals surface area contributed by atoms with Crippen LogP contribution in [0.3, 0.4) is 0 Å². The Kier molecular flexibility index (Phi) is 4.85. The number of aliphatic hydroxyl groups is 1. The first-order valence-electron chi connectivity index (χ1n) is 10.7. The van der Waals surface area contributed by atoms with Gasteiger partial charge in [0.1, 0.15) is 11.5 Å². The second-order valence-corrected chi connectivity index (χ2v) is 8.67. The minimum Gasteiger partial charge on any atom is -0.410 e. The summed E-state index contributed by atoms with van der Waals surface area (Å²) in [7, 11) is 3.44. The summed E-state index contributed by atoms with van der Waals surface area (Å²) in [5.74, 6) is 0.759. The molecule has 1 aliphatic carbocycles. The molecule has 1 saturated carbocycles. The molecule has 4 unspecified atom stereocenters. The van der Waals surface area contributed by atoms with E-state index in [1.165, 1.54) is 0 Å². The van der Waals surface area contributed by atoms with Gasteiger partial charge in [0.2, 0.25) is 0 Å². The molecule has 0 saturated heterocycles. The van der Waals surface area contributed by atoms with Crippen LogP contribution in [0.4, 0.5) is 9.59 Å². The monoisotopic (exact) mass is 422 g/mol. The molecule has 0 bridgehead atoms. The summed E-state index contributed by atoms with van der Waals surface area (Å²) in [6.45, 7) is 0. The Labute approximate surface area is 181 Å². The number of benzene rings is 2. The van der Waals surface area contributed by atoms with E-state index in [9.17, 15) is 14.7 Å². The molecule has 1 fully saturated rings. The summed E-state index contributed by atoms with van der Waals surface area (Å²) in [6, 6.07) is 14.5. The van der Waals surface area contributed by atoms with Gasteiger partial charge in [-0.1, -0.05) is 42.8 Å². The maximum Gasteiger partial charge on any atom is 0.415 e. The van der Waals surface area contributed by atoms with Crippen molar-refractivity contribution in [2.75, 3.05) is 14.1 Å². The molecule has 0 spiro atoms. The van der Waals surface area contributed by atoms with Crippen LogP contribution in [-0.2, 0) is 0 Å². The van der Waals surface area contributed by atoms with Gasteiger partial charge in [-0.15, -0.1) is 0 Å². The average molecular weight is 422 g/mol. The number of ether oxygens (including phenoxy) is 2. The fraction of sp³-hybridized carbons (Fsp3) is 0.417. The number of hydrogen-bond donors (Lipinski definition) is 1. The topological polar surface area (TPSA) is 79.3 Å². The molecule has 0 radical (unpaired) electrons. The number of hydrogen-bond acceptors (Lipinski definition) is 5. The van der Waals surface area contributed by atoms with Crippen LogP contribution in [0, 0.1) is 11.8 Å². The predicted molar refractivity (Wildman–Crippen MR) is 113 cm³/mol. The summed E-state index contributed by atoms with van der Waals surface area (Å²) in [4.78, 5) is 28.2. The Morgan fingerprint density at radius 1 is 0.774 bits per heavy atom. The van der Waals surface area contributed by atoms with E-state index in [1.807, 2.05) is 36.4 Å². The molecule has 2 aromatic rings. The highest BCUT2D eigenvalue weighted by molar-refractivity contribution is 5.75. The highest BCUT2D eigenvalue weighted by Crippen LogP contribution is 2.50. The zero-order valence-corrected chi connectivity index (χ0v) is 17.6. The number of amides is 2. The third-order valence-corrected chi connectivity index (χ3v) is 7.04. The number of aliphatic hydroxyl groups excluding tert-OH is 1. The van der Waals surface area contributed by atoms with Gasteiger partial charge in [0.25, 0.3) is 0 Å². The van der Waals surface area contributed by atoms with Gasteiger partial charge in [0.15, 0.2) is 0 Å². The predicted octanol–water partition coefficient (Wildman–Crippen LogP) is 4.13. The zero-order chi connectivity index (χ0) is 21.7. The molecule has 2 amide bonds. The summed E-state index contributed by atoms with van der Waals surface area (Å²) in [6.07, 6.45) is 0.943. The van der Waals surface area contributed by atoms with Crippen molar-refractivity contribution in [1.82, 2.24) is 9.80 Å². The van der Waals surface area contributed by atoms with Crippen LogP contribution in [0.25, 0.3) is 0 Å². The minimum atomic E-state index is -0.702. The van der Waals surface area contributed by atoms with Crippen LogP contribution in [0.15, 0.2) is 48.5 Å². The van der Waals surface area contributed by atoms with Crippen LogP contribution in [0.1, 0.15) is 42.5 Å². The van der Waals surface area contributed by atoms with Crippen LogP contribution in [0.2, 0.25) is 0 Å². The third kappa shape index (κ3) is 3.15. The van der Waals surface area contributed by atoms with Gasteiger partial charge >= 0.3 is 12.2 Å². The van der Waals surface area contributed by atoms with E-state index in [4.69, 9.17) is 9.47 Å². The Hall–Kier alpha value is -3.06. The molecular formula is C24H26N2O5. The highest BCUT2D eigenvalue weighted by Gasteiger charge is 2.48. The molecule has 31 heavy (non-hydrogen) atoms. The van der Waals surface area contributed by atoms with E-state index < -0.39 is 18.3 Å². The molecule has 4 atom stereocenters. The number of carbonyl (C=O) groups is 2. The van der Waals surface area contributed by atoms with E-state index in [0.29, 0.717) is 11.5 Å². The first-order chi connectivity index (χ1) is 15.0. The molecule has 7 heteroatoms. The fourth-order valence-electron chi connectivity index (χ4n) is 5.59. The number of rotatable bonds is 2. The number of carbonyl (C=O) groups excluding carboxylic acids is 2. The van der Waals surface area contributed by atoms with Crippen molar-refractivity contribution in [3.8, 4) is 11.5 Å². The summed E-state index contributed by atoms with van der Waals surface area (Å²) in [5.41, 5.74) is 1.82. The van der Waals surface area contributed by atoms with Crippen molar-refractivity contribution in [3.63, 3.8) is 0 Å². The SMILES string of the molecule is CN1C(=O)Oc2ccccc2C1C1CCCC(C2c3ccccc3OC(=O)N2C)C1O. The van der Waals surface area contributed by atoms with Gasteiger partial charge < -0.3 is 24.4 Å². The maximum absolute atomic E-state index is 12.5. The lowest BCUT2D eigenvalue weighted by Gasteiger charge is -2.48. The molecular weight excluding hydrogens is 396 g/mol. The fourth-order valence-corrected chi connectivity index (χ4v) is 5.59. The number of nitrogens with zero attached hydrogens (tertiary/aromatic N) is 2. The Morgan fingerprint density at radius 2 is 1.19 bits per heavy atom. The first kappa shape index (κ1) is 19.9. The van der Waals surface area contributed by atoms with Crippen molar-refractivity contribution in [2.24, 2.45) is 11.8 Å². The summed E-state index contributed by atoms with van der Waals surface area (Å²) < 4.78 is 10.9. The van der Waals surface area contributed by atoms with Gasteiger partial charge in [-0.2, -0.15) is 0 Å². The van der Waals surface area contributed by atoms with E-state index in [0.717, 1.165) is 30.4 Å². The standard InChI is InChI=1S/C24H26N2O5/c1-25-20(14-8-3-5-12-18(14)30-23(25)28)16-10-7-11-17(22(16)27)21-15-9-4-6-13-19(15)31-24(29)26(21)2/h3-6,8-9,12-13,16-17,20-22,27H,7,10-11H2,1-2H3. The summed E-state index contributed by atoms with van der Waals surface area (Å²) >= 11 is 0. The van der Waals surface area contributed by atoms with Gasteiger partial charge in [0, 0.05) is 37.1 Å². The Morgan fingerprint density at radius 3 is 1.65 bits per heavy atom. The first-order valence-corrected chi connectivity index (χ1v) is 10.7. The molecule has 0 aromatic heterocycles. The molecule has 3 aliphatic rings. The van der Waals surface area contributed by atoms with Gasteiger partial charge in [-0.25, -0.2) is 9.59 Å². The molecule has 1 N–H and O–H groups in total. The van der Waals surface area contributed by atoms with Crippen LogP contribution in [-0.4, -0.2) is 47.3 Å². The van der Waals surface area contributed by atoms with Crippen LogP contribution >= 0.6 is 0 Å². The Bertz CT molecular complexity index is 945. The van der Waals surface area contributed by atoms with Gasteiger partial charge in [-0.3, -0.25) is 0 Å². The molecule has 2 aliphatic heterocycles. The van der Waals surface area contributed by atoms with Crippen LogP contribution in [0.5, 0.6) is 11.5 Å². The van der Waals surface area contributed by atoms with Gasteiger partial charge in [-0.05, 0) is 25.0 Å². The Balaban J connectivity index is 1.52. The third-order valence-electron chi connectivity index (χ3n) is 7.04. The van der Waals surface area contributed by atoms with E-state index >= 15 is 0 Å². The van der Waals surface area contributed by atoms with Crippen molar-refractivity contribution >= 4 is 12.2 Å². The van der Waals surface area contributed by atoms with Crippen LogP contribution < -0.4 is 9.47 Å². The molecule has 5 rings (SSSR count). The molecule has 162 valence electrons. The second kappa shape index (κ2) is 7.57.